The Hall–Kier alpha value is -3.02. The summed E-state index contributed by atoms with van der Waals surface area (Å²) in [5.74, 6) is 1.24. The summed E-state index contributed by atoms with van der Waals surface area (Å²) in [4.78, 5) is 29.2. The number of carbonyl (C=O) groups is 2. The van der Waals surface area contributed by atoms with Crippen LogP contribution in [0, 0.1) is 13.8 Å². The summed E-state index contributed by atoms with van der Waals surface area (Å²) in [7, 11) is 0. The maximum absolute atomic E-state index is 12.8. The minimum atomic E-state index is -0.0492. The van der Waals surface area contributed by atoms with Crippen LogP contribution in [0.1, 0.15) is 31.8 Å². The second-order valence-corrected chi connectivity index (χ2v) is 6.97. The van der Waals surface area contributed by atoms with Crippen LogP contribution in [0.4, 0.5) is 0 Å². The molecule has 2 aliphatic rings. The van der Waals surface area contributed by atoms with Crippen LogP contribution in [0.25, 0.3) is 0 Å². The van der Waals surface area contributed by atoms with Gasteiger partial charge in [-0.3, -0.25) is 9.59 Å². The van der Waals surface area contributed by atoms with Crippen molar-refractivity contribution in [2.24, 2.45) is 0 Å². The van der Waals surface area contributed by atoms with E-state index in [-0.39, 0.29) is 18.6 Å². The van der Waals surface area contributed by atoms with E-state index >= 15 is 0 Å². The van der Waals surface area contributed by atoms with E-state index in [1.54, 1.807) is 23.1 Å². The second kappa shape index (κ2) is 6.95. The lowest BCUT2D eigenvalue weighted by molar-refractivity contribution is 0.0535. The molecule has 0 radical (unpaired) electrons. The number of rotatable bonds is 2. The molecule has 1 saturated heterocycles. The molecule has 0 spiro atoms. The Labute approximate surface area is 158 Å². The Kier molecular flexibility index (Phi) is 4.48. The molecule has 140 valence electrons. The summed E-state index contributed by atoms with van der Waals surface area (Å²) in [6.07, 6.45) is 0. The molecule has 2 aliphatic heterocycles. The zero-order chi connectivity index (χ0) is 19.0. The molecule has 4 rings (SSSR count). The Morgan fingerprint density at radius 3 is 2.19 bits per heavy atom. The first-order valence-electron chi connectivity index (χ1n) is 9.08. The fraction of sp³-hybridized carbons (Fsp3) is 0.333. The number of benzene rings is 2. The lowest BCUT2D eigenvalue weighted by Crippen LogP contribution is -2.50. The van der Waals surface area contributed by atoms with Crippen LogP contribution in [0.5, 0.6) is 11.5 Å². The van der Waals surface area contributed by atoms with Gasteiger partial charge >= 0.3 is 0 Å². The van der Waals surface area contributed by atoms with Crippen molar-refractivity contribution in [3.05, 3.63) is 58.7 Å². The third-order valence-electron chi connectivity index (χ3n) is 5.09. The maximum atomic E-state index is 12.8. The summed E-state index contributed by atoms with van der Waals surface area (Å²) < 4.78 is 10.6. The lowest BCUT2D eigenvalue weighted by Gasteiger charge is -2.35. The van der Waals surface area contributed by atoms with Crippen LogP contribution in [0.15, 0.2) is 36.4 Å². The number of amides is 2. The first kappa shape index (κ1) is 17.4. The maximum Gasteiger partial charge on any atom is 0.254 e. The molecule has 2 amide bonds. The van der Waals surface area contributed by atoms with E-state index in [4.69, 9.17) is 9.47 Å². The quantitative estimate of drug-likeness (QED) is 0.820. The van der Waals surface area contributed by atoms with Crippen molar-refractivity contribution in [1.29, 1.82) is 0 Å². The van der Waals surface area contributed by atoms with Crippen LogP contribution in [0.3, 0.4) is 0 Å². The first-order chi connectivity index (χ1) is 13.0. The van der Waals surface area contributed by atoms with Crippen molar-refractivity contribution >= 4 is 11.8 Å². The molecular formula is C21H22N2O4. The van der Waals surface area contributed by atoms with Crippen molar-refractivity contribution in [1.82, 2.24) is 9.80 Å². The lowest BCUT2D eigenvalue weighted by atomic mass is 10.0. The molecule has 0 unspecified atom stereocenters. The molecule has 1 fully saturated rings. The summed E-state index contributed by atoms with van der Waals surface area (Å²) in [5.41, 5.74) is 3.44. The van der Waals surface area contributed by atoms with Crippen molar-refractivity contribution in [3.8, 4) is 11.5 Å². The van der Waals surface area contributed by atoms with Crippen LogP contribution in [0.2, 0.25) is 0 Å². The summed E-state index contributed by atoms with van der Waals surface area (Å²) >= 11 is 0. The second-order valence-electron chi connectivity index (χ2n) is 6.97. The summed E-state index contributed by atoms with van der Waals surface area (Å²) in [6.45, 7) is 6.26. The Balaban J connectivity index is 1.41. The Morgan fingerprint density at radius 2 is 1.48 bits per heavy atom. The Morgan fingerprint density at radius 1 is 0.815 bits per heavy atom. The number of hydrogen-bond acceptors (Lipinski definition) is 4. The van der Waals surface area contributed by atoms with E-state index in [1.807, 2.05) is 36.9 Å². The molecule has 0 saturated carbocycles. The molecule has 0 aliphatic carbocycles. The van der Waals surface area contributed by atoms with Crippen LogP contribution in [-0.4, -0.2) is 54.6 Å². The van der Waals surface area contributed by atoms with Gasteiger partial charge in [0.15, 0.2) is 11.5 Å². The number of hydrogen-bond donors (Lipinski definition) is 0. The van der Waals surface area contributed by atoms with Crippen LogP contribution in [-0.2, 0) is 0 Å². The third kappa shape index (κ3) is 3.35. The molecule has 2 aromatic rings. The molecule has 2 heterocycles. The highest BCUT2D eigenvalue weighted by atomic mass is 16.7. The van der Waals surface area contributed by atoms with Gasteiger partial charge in [-0.05, 0) is 43.7 Å². The molecule has 27 heavy (non-hydrogen) atoms. The number of carbonyl (C=O) groups excluding carboxylic acids is 2. The fourth-order valence-electron chi connectivity index (χ4n) is 3.55. The van der Waals surface area contributed by atoms with Gasteiger partial charge in [-0.15, -0.1) is 0 Å². The van der Waals surface area contributed by atoms with Gasteiger partial charge in [0.2, 0.25) is 6.79 Å². The SMILES string of the molecule is Cc1ccc(C(=O)N2CCN(C(=O)c3ccc4c(c3)OCO4)CC2)c(C)c1. The molecule has 0 atom stereocenters. The average molecular weight is 366 g/mol. The largest absolute Gasteiger partial charge is 0.454 e. The number of aryl methyl sites for hydroxylation is 2. The van der Waals surface area contributed by atoms with E-state index in [9.17, 15) is 9.59 Å². The fourth-order valence-corrected chi connectivity index (χ4v) is 3.55. The first-order valence-corrected chi connectivity index (χ1v) is 9.08. The zero-order valence-corrected chi connectivity index (χ0v) is 15.5. The van der Waals surface area contributed by atoms with E-state index < -0.39 is 0 Å². The van der Waals surface area contributed by atoms with Gasteiger partial charge in [0, 0.05) is 37.3 Å². The van der Waals surface area contributed by atoms with Gasteiger partial charge < -0.3 is 19.3 Å². The highest BCUT2D eigenvalue weighted by Crippen LogP contribution is 2.32. The number of piperazine rings is 1. The predicted octanol–water partition coefficient (Wildman–Crippen LogP) is 2.63. The van der Waals surface area contributed by atoms with Gasteiger partial charge in [-0.2, -0.15) is 0 Å². The Bertz CT molecular complexity index is 901. The smallest absolute Gasteiger partial charge is 0.254 e. The zero-order valence-electron chi connectivity index (χ0n) is 15.5. The molecule has 0 bridgehead atoms. The van der Waals surface area contributed by atoms with Crippen molar-refractivity contribution in [2.45, 2.75) is 13.8 Å². The van der Waals surface area contributed by atoms with Gasteiger partial charge in [0.05, 0.1) is 0 Å². The average Bonchev–Trinajstić information content (AvgIpc) is 3.15. The molecule has 2 aromatic carbocycles. The standard InChI is InChI=1S/C21H22N2O4/c1-14-3-5-17(15(2)11-14)21(25)23-9-7-22(8-10-23)20(24)16-4-6-18-19(12-16)27-13-26-18/h3-6,11-12H,7-10,13H2,1-2H3. The van der Waals surface area contributed by atoms with E-state index in [0.29, 0.717) is 43.2 Å². The molecular weight excluding hydrogens is 344 g/mol. The minimum Gasteiger partial charge on any atom is -0.454 e. The predicted molar refractivity (Wildman–Crippen MR) is 100 cm³/mol. The molecule has 0 N–H and O–H groups in total. The number of ether oxygens (including phenoxy) is 2. The van der Waals surface area contributed by atoms with Crippen LogP contribution >= 0.6 is 0 Å². The molecule has 6 nitrogen and oxygen atoms in total. The van der Waals surface area contributed by atoms with Gasteiger partial charge in [0.25, 0.3) is 11.8 Å². The number of fused-ring (bicyclic) bond motifs is 1. The monoisotopic (exact) mass is 366 g/mol. The van der Waals surface area contributed by atoms with Gasteiger partial charge in [-0.1, -0.05) is 17.7 Å². The van der Waals surface area contributed by atoms with Crippen molar-refractivity contribution in [3.63, 3.8) is 0 Å². The topological polar surface area (TPSA) is 59.1 Å². The van der Waals surface area contributed by atoms with Crippen molar-refractivity contribution < 1.29 is 19.1 Å². The number of nitrogens with zero attached hydrogens (tertiary/aromatic N) is 2. The highest BCUT2D eigenvalue weighted by Gasteiger charge is 2.27. The van der Waals surface area contributed by atoms with Gasteiger partial charge in [-0.25, -0.2) is 0 Å². The third-order valence-corrected chi connectivity index (χ3v) is 5.09. The normalized spacial score (nSPS) is 15.8. The van der Waals surface area contributed by atoms with Crippen LogP contribution < -0.4 is 9.47 Å². The van der Waals surface area contributed by atoms with E-state index in [2.05, 4.69) is 0 Å². The van der Waals surface area contributed by atoms with E-state index in [1.165, 1.54) is 0 Å². The summed E-state index contributed by atoms with van der Waals surface area (Å²) in [5, 5.41) is 0. The van der Waals surface area contributed by atoms with E-state index in [0.717, 1.165) is 16.7 Å². The highest BCUT2D eigenvalue weighted by molar-refractivity contribution is 5.97. The van der Waals surface area contributed by atoms with Gasteiger partial charge in [0.1, 0.15) is 0 Å². The summed E-state index contributed by atoms with van der Waals surface area (Å²) in [6, 6.07) is 11.1. The molecule has 6 heteroatoms. The van der Waals surface area contributed by atoms with Crippen molar-refractivity contribution in [2.75, 3.05) is 33.0 Å². The molecule has 0 aromatic heterocycles. The minimum absolute atomic E-state index is 0.0303.